The molecule has 260 valence electrons. The molecular weight excluding hydrogens is 645 g/mol. The molecule has 9 rings (SSSR count). The number of hydrogen-bond acceptors (Lipinski definition) is 4. The van der Waals surface area contributed by atoms with Crippen LogP contribution >= 0.6 is 0 Å². The summed E-state index contributed by atoms with van der Waals surface area (Å²) in [5, 5.41) is 1.60. The van der Waals surface area contributed by atoms with Gasteiger partial charge in [-0.15, -0.1) is 0 Å². The van der Waals surface area contributed by atoms with E-state index in [2.05, 4.69) is 53.7 Å². The van der Waals surface area contributed by atoms with E-state index in [0.717, 1.165) is 44.3 Å². The third kappa shape index (κ3) is 4.30. The molecule has 0 radical (unpaired) electrons. The van der Waals surface area contributed by atoms with Crippen LogP contribution in [-0.4, -0.2) is 23.6 Å². The molecule has 6 heteroatoms. The van der Waals surface area contributed by atoms with Gasteiger partial charge >= 0.3 is 0 Å². The molecule has 4 atom stereocenters. The molecule has 2 heterocycles. The maximum atomic E-state index is 14.5. The lowest BCUT2D eigenvalue weighted by Crippen LogP contribution is -2.55. The van der Waals surface area contributed by atoms with Crippen molar-refractivity contribution < 1.29 is 19.2 Å². The Morgan fingerprint density at radius 1 is 0.558 bits per heavy atom. The van der Waals surface area contributed by atoms with Crippen molar-refractivity contribution in [2.75, 3.05) is 9.80 Å². The van der Waals surface area contributed by atoms with Crippen LogP contribution < -0.4 is 9.80 Å². The highest BCUT2D eigenvalue weighted by Gasteiger charge is 2.55. The van der Waals surface area contributed by atoms with E-state index in [1.807, 2.05) is 86.7 Å². The van der Waals surface area contributed by atoms with E-state index in [9.17, 15) is 19.2 Å². The van der Waals surface area contributed by atoms with Crippen LogP contribution in [0.25, 0.3) is 16.3 Å². The lowest BCUT2D eigenvalue weighted by molar-refractivity contribution is -0.130. The van der Waals surface area contributed by atoms with Gasteiger partial charge in [-0.2, -0.15) is 0 Å². The number of allylic oxidation sites excluding steroid dienone is 4. The van der Waals surface area contributed by atoms with Gasteiger partial charge in [0.2, 0.25) is 5.91 Å². The van der Waals surface area contributed by atoms with Gasteiger partial charge in [-0.1, -0.05) is 102 Å². The number of fused-ring (bicyclic) bond motifs is 2. The van der Waals surface area contributed by atoms with E-state index in [1.54, 1.807) is 0 Å². The second-order valence-electron chi connectivity index (χ2n) is 17.3. The van der Waals surface area contributed by atoms with Crippen LogP contribution in [-0.2, 0) is 20.4 Å². The zero-order valence-electron chi connectivity index (χ0n) is 30.9. The third-order valence-corrected chi connectivity index (χ3v) is 12.1. The predicted octanol–water partition coefficient (Wildman–Crippen LogP) is 9.26. The summed E-state index contributed by atoms with van der Waals surface area (Å²) in [6.45, 7) is 16.6. The van der Waals surface area contributed by atoms with Gasteiger partial charge in [0.05, 0.1) is 17.3 Å². The summed E-state index contributed by atoms with van der Waals surface area (Å²) >= 11 is 0. The van der Waals surface area contributed by atoms with Gasteiger partial charge in [-0.25, -0.2) is 9.80 Å². The second-order valence-corrected chi connectivity index (χ2v) is 17.3. The summed E-state index contributed by atoms with van der Waals surface area (Å²) in [6.07, 6.45) is 8.07. The molecule has 2 aliphatic heterocycles. The number of imide groups is 2. The fraction of sp³-hybridized carbons (Fsp3) is 0.304. The first-order chi connectivity index (χ1) is 24.6. The monoisotopic (exact) mass is 686 g/mol. The zero-order valence-corrected chi connectivity index (χ0v) is 30.9. The quantitative estimate of drug-likeness (QED) is 0.156. The molecule has 0 saturated carbocycles. The van der Waals surface area contributed by atoms with Gasteiger partial charge in [-0.05, 0) is 93.3 Å². The maximum Gasteiger partial charge on any atom is 0.265 e. The third-order valence-electron chi connectivity index (χ3n) is 12.1. The highest BCUT2D eigenvalue weighted by Crippen LogP contribution is 2.59. The zero-order chi connectivity index (χ0) is 36.8. The van der Waals surface area contributed by atoms with Crippen LogP contribution in [0.5, 0.6) is 0 Å². The molecule has 0 N–H and O–H groups in total. The fourth-order valence-corrected chi connectivity index (χ4v) is 9.45. The Morgan fingerprint density at radius 2 is 1.19 bits per heavy atom. The van der Waals surface area contributed by atoms with Crippen LogP contribution in [0.2, 0.25) is 0 Å². The number of anilines is 2. The number of carbonyl (C=O) groups excluding carboxylic acids is 4. The molecule has 4 aromatic carbocycles. The van der Waals surface area contributed by atoms with Gasteiger partial charge in [-0.3, -0.25) is 19.2 Å². The molecule has 0 bridgehead atoms. The van der Waals surface area contributed by atoms with Crippen LogP contribution in [0, 0.1) is 31.6 Å². The normalized spacial score (nSPS) is 23.2. The van der Waals surface area contributed by atoms with Crippen molar-refractivity contribution in [2.45, 2.75) is 72.1 Å². The number of nitrogens with zero attached hydrogens (tertiary/aromatic N) is 2. The van der Waals surface area contributed by atoms with Crippen molar-refractivity contribution in [3.8, 4) is 0 Å². The van der Waals surface area contributed by atoms with Crippen LogP contribution in [0.15, 0.2) is 90.5 Å². The number of hydrogen-bond donors (Lipinski definition) is 0. The number of rotatable bonds is 2. The minimum absolute atomic E-state index is 0.126. The van der Waals surface area contributed by atoms with Crippen molar-refractivity contribution in [3.63, 3.8) is 0 Å². The molecule has 3 aliphatic carbocycles. The fourth-order valence-electron chi connectivity index (χ4n) is 9.45. The highest BCUT2D eigenvalue weighted by atomic mass is 16.2. The number of amides is 4. The molecule has 0 spiro atoms. The van der Waals surface area contributed by atoms with E-state index >= 15 is 0 Å². The number of piperidine rings is 1. The SMILES string of the molecule is Cc1ccc(C(C)(C)C)c(N2C(=O)c3ccc4c5c(ccc(c35)C2=O)C2C=CC3C(=O)N(c5cc(C(C)(C)C)ccc5C)C(=O)C5=CC=C4C2C53)c1. The molecule has 4 amide bonds. The summed E-state index contributed by atoms with van der Waals surface area (Å²) in [5.74, 6) is -2.18. The minimum atomic E-state index is -0.496. The van der Waals surface area contributed by atoms with E-state index in [1.165, 1.54) is 9.80 Å². The second kappa shape index (κ2) is 10.6. The summed E-state index contributed by atoms with van der Waals surface area (Å²) in [7, 11) is 0. The molecule has 52 heavy (non-hydrogen) atoms. The lowest BCUT2D eigenvalue weighted by Gasteiger charge is -2.50. The molecule has 0 aromatic heterocycles. The van der Waals surface area contributed by atoms with E-state index in [-0.39, 0.29) is 52.2 Å². The van der Waals surface area contributed by atoms with E-state index in [4.69, 9.17) is 0 Å². The highest BCUT2D eigenvalue weighted by molar-refractivity contribution is 6.37. The van der Waals surface area contributed by atoms with Crippen molar-refractivity contribution in [2.24, 2.45) is 17.8 Å². The van der Waals surface area contributed by atoms with Crippen LogP contribution in [0.1, 0.15) is 102 Å². The molecule has 1 saturated heterocycles. The van der Waals surface area contributed by atoms with Crippen LogP contribution in [0.3, 0.4) is 0 Å². The molecule has 4 aromatic rings. The molecule has 6 nitrogen and oxygen atoms in total. The van der Waals surface area contributed by atoms with Gasteiger partial charge < -0.3 is 0 Å². The van der Waals surface area contributed by atoms with Gasteiger partial charge in [0.25, 0.3) is 17.7 Å². The Balaban J connectivity index is 1.19. The molecule has 1 fully saturated rings. The first kappa shape index (κ1) is 32.5. The largest absolute Gasteiger partial charge is 0.273 e. The van der Waals surface area contributed by atoms with Crippen molar-refractivity contribution in [3.05, 3.63) is 135 Å². The summed E-state index contributed by atoms with van der Waals surface area (Å²) < 4.78 is 0. The van der Waals surface area contributed by atoms with Crippen molar-refractivity contribution >= 4 is 51.3 Å². The number of aryl methyl sites for hydroxylation is 2. The predicted molar refractivity (Wildman–Crippen MR) is 206 cm³/mol. The summed E-state index contributed by atoms with van der Waals surface area (Å²) in [5.41, 5.74) is 9.35. The Morgan fingerprint density at radius 3 is 1.88 bits per heavy atom. The lowest BCUT2D eigenvalue weighted by atomic mass is 9.56. The summed E-state index contributed by atoms with van der Waals surface area (Å²) in [4.78, 5) is 60.6. The maximum absolute atomic E-state index is 14.5. The molecule has 4 unspecified atom stereocenters. The average molecular weight is 687 g/mol. The Labute approximate surface area is 304 Å². The summed E-state index contributed by atoms with van der Waals surface area (Å²) in [6, 6.07) is 19.8. The topological polar surface area (TPSA) is 74.8 Å². The number of carbonyl (C=O) groups is 4. The Kier molecular flexibility index (Phi) is 6.63. The van der Waals surface area contributed by atoms with E-state index in [0.29, 0.717) is 33.5 Å². The van der Waals surface area contributed by atoms with Crippen molar-refractivity contribution in [1.82, 2.24) is 0 Å². The number of benzene rings is 4. The Hall–Kier alpha value is -5.36. The average Bonchev–Trinajstić information content (AvgIpc) is 3.08. The van der Waals surface area contributed by atoms with Gasteiger partial charge in [0.15, 0.2) is 0 Å². The van der Waals surface area contributed by atoms with Crippen molar-refractivity contribution in [1.29, 1.82) is 0 Å². The molecule has 5 aliphatic rings. The first-order valence-electron chi connectivity index (χ1n) is 18.3. The standard InChI is InChI=1S/C46H42N2O4/c1-23-9-20-34(46(6,7)8)36(21-23)48-43(51)32-18-14-28-26-12-16-30-39-31(17-13-27(37(26)39)29-15-19-33(44(48)52)40(32)38(28)29)42(50)47(41(30)49)35-22-25(45(3,4)5)11-10-24(35)2/h9-22,26,30,37,39H,1-8H3. The molecular formula is C46H42N2O4. The van der Waals surface area contributed by atoms with Gasteiger partial charge in [0, 0.05) is 39.8 Å². The first-order valence-corrected chi connectivity index (χ1v) is 18.3. The Bertz CT molecular complexity index is 2440. The minimum Gasteiger partial charge on any atom is -0.273 e. The van der Waals surface area contributed by atoms with Crippen LogP contribution in [0.4, 0.5) is 11.4 Å². The van der Waals surface area contributed by atoms with Gasteiger partial charge in [0.1, 0.15) is 0 Å². The van der Waals surface area contributed by atoms with E-state index < -0.39 is 5.92 Å². The smallest absolute Gasteiger partial charge is 0.265 e.